The van der Waals surface area contributed by atoms with Crippen LogP contribution in [0.3, 0.4) is 0 Å². The molecular formula is C13H22N2O. The zero-order valence-corrected chi connectivity index (χ0v) is 10.3. The van der Waals surface area contributed by atoms with Gasteiger partial charge in [0.05, 0.1) is 6.26 Å². The van der Waals surface area contributed by atoms with Gasteiger partial charge >= 0.3 is 0 Å². The van der Waals surface area contributed by atoms with Gasteiger partial charge in [-0.1, -0.05) is 19.9 Å². The van der Waals surface area contributed by atoms with E-state index in [1.165, 1.54) is 0 Å². The van der Waals surface area contributed by atoms with Gasteiger partial charge in [-0.15, -0.1) is 0 Å². The first-order chi connectivity index (χ1) is 7.86. The van der Waals surface area contributed by atoms with Gasteiger partial charge in [-0.3, -0.25) is 0 Å². The van der Waals surface area contributed by atoms with Gasteiger partial charge in [0, 0.05) is 19.6 Å². The van der Waals surface area contributed by atoms with Crippen LogP contribution in [0.4, 0.5) is 0 Å². The summed E-state index contributed by atoms with van der Waals surface area (Å²) in [5.74, 6) is 0.908. The van der Waals surface area contributed by atoms with Crippen molar-refractivity contribution in [3.63, 3.8) is 0 Å². The molecule has 0 atom stereocenters. The molecule has 0 bridgehead atoms. The summed E-state index contributed by atoms with van der Waals surface area (Å²) in [7, 11) is 0. The van der Waals surface area contributed by atoms with Gasteiger partial charge in [0.2, 0.25) is 0 Å². The van der Waals surface area contributed by atoms with Crippen LogP contribution in [0.5, 0.6) is 0 Å². The SMILES string of the molecule is CCN(CC)CCNC/C=C/c1ccco1. The Hall–Kier alpha value is -1.06. The van der Waals surface area contributed by atoms with Gasteiger partial charge in [-0.2, -0.15) is 0 Å². The summed E-state index contributed by atoms with van der Waals surface area (Å²) >= 11 is 0. The highest BCUT2D eigenvalue weighted by atomic mass is 16.3. The number of rotatable bonds is 8. The van der Waals surface area contributed by atoms with Crippen LogP contribution in [0.2, 0.25) is 0 Å². The molecule has 0 amide bonds. The Kier molecular flexibility index (Phi) is 6.61. The van der Waals surface area contributed by atoms with Gasteiger partial charge in [0.15, 0.2) is 0 Å². The number of hydrogen-bond acceptors (Lipinski definition) is 3. The summed E-state index contributed by atoms with van der Waals surface area (Å²) in [5, 5.41) is 3.38. The van der Waals surface area contributed by atoms with Gasteiger partial charge < -0.3 is 14.6 Å². The van der Waals surface area contributed by atoms with Crippen LogP contribution in [0.1, 0.15) is 19.6 Å². The van der Waals surface area contributed by atoms with E-state index in [1.807, 2.05) is 18.2 Å². The Morgan fingerprint density at radius 2 is 2.19 bits per heavy atom. The second kappa shape index (κ2) is 8.13. The zero-order chi connectivity index (χ0) is 11.6. The summed E-state index contributed by atoms with van der Waals surface area (Å²) in [6, 6.07) is 3.85. The maximum absolute atomic E-state index is 5.19. The predicted molar refractivity (Wildman–Crippen MR) is 68.4 cm³/mol. The molecule has 0 spiro atoms. The molecule has 0 aliphatic carbocycles. The fourth-order valence-corrected chi connectivity index (χ4v) is 1.52. The molecule has 0 unspecified atom stereocenters. The smallest absolute Gasteiger partial charge is 0.126 e. The average Bonchev–Trinajstić information content (AvgIpc) is 2.81. The number of nitrogens with zero attached hydrogens (tertiary/aromatic N) is 1. The second-order valence-electron chi connectivity index (χ2n) is 3.65. The first-order valence-electron chi connectivity index (χ1n) is 6.00. The van der Waals surface area contributed by atoms with E-state index in [0.29, 0.717) is 0 Å². The van der Waals surface area contributed by atoms with Crippen molar-refractivity contribution in [1.82, 2.24) is 10.2 Å². The molecule has 0 fully saturated rings. The normalized spacial score (nSPS) is 11.7. The van der Waals surface area contributed by atoms with Crippen LogP contribution < -0.4 is 5.32 Å². The monoisotopic (exact) mass is 222 g/mol. The molecule has 0 aliphatic heterocycles. The quantitative estimate of drug-likeness (QED) is 0.684. The Morgan fingerprint density at radius 1 is 1.38 bits per heavy atom. The molecular weight excluding hydrogens is 200 g/mol. The largest absolute Gasteiger partial charge is 0.465 e. The summed E-state index contributed by atoms with van der Waals surface area (Å²) in [4.78, 5) is 2.41. The molecule has 3 nitrogen and oxygen atoms in total. The van der Waals surface area contributed by atoms with Gasteiger partial charge in [-0.25, -0.2) is 0 Å². The van der Waals surface area contributed by atoms with Crippen molar-refractivity contribution < 1.29 is 4.42 Å². The molecule has 0 radical (unpaired) electrons. The Balaban J connectivity index is 2.03. The van der Waals surface area contributed by atoms with Crippen LogP contribution >= 0.6 is 0 Å². The average molecular weight is 222 g/mol. The van der Waals surface area contributed by atoms with Crippen LogP contribution in [0, 0.1) is 0 Å². The lowest BCUT2D eigenvalue weighted by atomic mass is 10.4. The third-order valence-electron chi connectivity index (χ3n) is 2.59. The van der Waals surface area contributed by atoms with Crippen molar-refractivity contribution in [2.24, 2.45) is 0 Å². The van der Waals surface area contributed by atoms with Gasteiger partial charge in [-0.05, 0) is 31.3 Å². The van der Waals surface area contributed by atoms with E-state index in [9.17, 15) is 0 Å². The van der Waals surface area contributed by atoms with Crippen molar-refractivity contribution in [1.29, 1.82) is 0 Å². The predicted octanol–water partition coefficient (Wildman–Crippen LogP) is 2.22. The number of hydrogen-bond donors (Lipinski definition) is 1. The van der Waals surface area contributed by atoms with E-state index < -0.39 is 0 Å². The Labute approximate surface area is 98.1 Å². The molecule has 1 heterocycles. The minimum atomic E-state index is 0.891. The number of nitrogens with one attached hydrogen (secondary N) is 1. The molecule has 1 aromatic heterocycles. The van der Waals surface area contributed by atoms with E-state index in [-0.39, 0.29) is 0 Å². The minimum absolute atomic E-state index is 0.891. The van der Waals surface area contributed by atoms with Gasteiger partial charge in [0.25, 0.3) is 0 Å². The lowest BCUT2D eigenvalue weighted by molar-refractivity contribution is 0.304. The highest BCUT2D eigenvalue weighted by molar-refractivity contribution is 5.42. The summed E-state index contributed by atoms with van der Waals surface area (Å²) in [5.41, 5.74) is 0. The lowest BCUT2D eigenvalue weighted by Crippen LogP contribution is -2.31. The molecule has 0 aliphatic rings. The third kappa shape index (κ3) is 5.14. The third-order valence-corrected chi connectivity index (χ3v) is 2.59. The summed E-state index contributed by atoms with van der Waals surface area (Å²) < 4.78 is 5.19. The summed E-state index contributed by atoms with van der Waals surface area (Å²) in [6.45, 7) is 9.68. The molecule has 3 heteroatoms. The first kappa shape index (κ1) is 13.0. The van der Waals surface area contributed by atoms with E-state index >= 15 is 0 Å². The topological polar surface area (TPSA) is 28.4 Å². The Morgan fingerprint density at radius 3 is 2.81 bits per heavy atom. The van der Waals surface area contributed by atoms with E-state index in [2.05, 4.69) is 30.1 Å². The van der Waals surface area contributed by atoms with Crippen molar-refractivity contribution in [2.75, 3.05) is 32.7 Å². The molecule has 1 N–H and O–H groups in total. The maximum atomic E-state index is 5.19. The van der Waals surface area contributed by atoms with Gasteiger partial charge in [0.1, 0.15) is 5.76 Å². The van der Waals surface area contributed by atoms with E-state index in [0.717, 1.165) is 38.5 Å². The van der Waals surface area contributed by atoms with Crippen LogP contribution in [0.25, 0.3) is 6.08 Å². The highest BCUT2D eigenvalue weighted by Crippen LogP contribution is 2.01. The molecule has 0 saturated heterocycles. The maximum Gasteiger partial charge on any atom is 0.126 e. The second-order valence-corrected chi connectivity index (χ2v) is 3.65. The van der Waals surface area contributed by atoms with Crippen molar-refractivity contribution >= 4 is 6.08 Å². The van der Waals surface area contributed by atoms with Crippen molar-refractivity contribution in [2.45, 2.75) is 13.8 Å². The first-order valence-corrected chi connectivity index (χ1v) is 6.00. The molecule has 0 aromatic carbocycles. The molecule has 16 heavy (non-hydrogen) atoms. The fraction of sp³-hybridized carbons (Fsp3) is 0.538. The van der Waals surface area contributed by atoms with E-state index in [1.54, 1.807) is 6.26 Å². The molecule has 90 valence electrons. The Bertz CT molecular complexity index is 276. The van der Waals surface area contributed by atoms with Crippen LogP contribution in [0.15, 0.2) is 28.9 Å². The zero-order valence-electron chi connectivity index (χ0n) is 10.3. The van der Waals surface area contributed by atoms with Crippen molar-refractivity contribution in [3.8, 4) is 0 Å². The van der Waals surface area contributed by atoms with Crippen LogP contribution in [-0.2, 0) is 0 Å². The molecule has 0 saturated carbocycles. The van der Waals surface area contributed by atoms with Crippen LogP contribution in [-0.4, -0.2) is 37.6 Å². The number of furan rings is 1. The lowest BCUT2D eigenvalue weighted by Gasteiger charge is -2.17. The summed E-state index contributed by atoms with van der Waals surface area (Å²) in [6.07, 6.45) is 5.76. The van der Waals surface area contributed by atoms with Crippen molar-refractivity contribution in [3.05, 3.63) is 30.2 Å². The highest BCUT2D eigenvalue weighted by Gasteiger charge is 1.96. The fourth-order valence-electron chi connectivity index (χ4n) is 1.52. The number of likely N-dealkylation sites (N-methyl/N-ethyl adjacent to an activating group) is 1. The molecule has 1 rings (SSSR count). The molecule has 1 aromatic rings. The minimum Gasteiger partial charge on any atom is -0.465 e. The standard InChI is InChI=1S/C13H22N2O/c1-3-15(4-2)11-10-14-9-5-7-13-8-6-12-16-13/h5-8,12,14H,3-4,9-11H2,1-2H3/b7-5+. The van der Waals surface area contributed by atoms with E-state index in [4.69, 9.17) is 4.42 Å².